The van der Waals surface area contributed by atoms with Gasteiger partial charge in [0.05, 0.1) is 13.2 Å². The fourth-order valence-corrected chi connectivity index (χ4v) is 4.97. The molecule has 10 heteroatoms. The minimum Gasteiger partial charge on any atom is -0.462 e. The standard InChI is InChI=1S/C31H60NO8P/c1-3-5-7-9-11-13-14-16-18-20-22-24-31(34)40-29(28-39-41(35,36)38-26-25-32)27-37-30(33)23-21-19-17-15-12-10-8-6-4-2/h9,11,29H,3-8,10,12-28,32H2,1-2H3,(H,35,36)/b11-9-. The Bertz CT molecular complexity index is 704. The Morgan fingerprint density at radius 1 is 0.707 bits per heavy atom. The van der Waals surface area contributed by atoms with Gasteiger partial charge in [-0.3, -0.25) is 18.6 Å². The van der Waals surface area contributed by atoms with E-state index in [2.05, 4.69) is 26.0 Å². The van der Waals surface area contributed by atoms with E-state index in [1.54, 1.807) is 0 Å². The lowest BCUT2D eigenvalue weighted by atomic mass is 10.1. The maximum Gasteiger partial charge on any atom is 0.472 e. The van der Waals surface area contributed by atoms with Crippen LogP contribution in [0.1, 0.15) is 142 Å². The number of hydrogen-bond donors (Lipinski definition) is 2. The zero-order valence-corrected chi connectivity index (χ0v) is 26.9. The molecule has 0 heterocycles. The van der Waals surface area contributed by atoms with Crippen molar-refractivity contribution in [3.63, 3.8) is 0 Å². The van der Waals surface area contributed by atoms with E-state index in [0.29, 0.717) is 6.42 Å². The van der Waals surface area contributed by atoms with Gasteiger partial charge in [0.15, 0.2) is 6.10 Å². The highest BCUT2D eigenvalue weighted by molar-refractivity contribution is 7.47. The number of carbonyl (C=O) groups excluding carboxylic acids is 2. The Balaban J connectivity index is 4.33. The predicted molar refractivity (Wildman–Crippen MR) is 164 cm³/mol. The number of rotatable bonds is 30. The van der Waals surface area contributed by atoms with Gasteiger partial charge in [0.1, 0.15) is 6.61 Å². The second kappa shape index (κ2) is 28.9. The van der Waals surface area contributed by atoms with Crippen molar-refractivity contribution < 1.29 is 37.6 Å². The molecule has 242 valence electrons. The van der Waals surface area contributed by atoms with Crippen LogP contribution in [0.5, 0.6) is 0 Å². The molecule has 0 aliphatic carbocycles. The maximum atomic E-state index is 12.4. The Morgan fingerprint density at radius 2 is 1.22 bits per heavy atom. The first kappa shape index (κ1) is 39.8. The number of unbranched alkanes of at least 4 members (excludes halogenated alkanes) is 15. The first-order valence-electron chi connectivity index (χ1n) is 16.2. The van der Waals surface area contributed by atoms with Gasteiger partial charge in [0.25, 0.3) is 0 Å². The summed E-state index contributed by atoms with van der Waals surface area (Å²) in [5, 5.41) is 0. The minimum atomic E-state index is -4.36. The molecule has 0 bridgehead atoms. The summed E-state index contributed by atoms with van der Waals surface area (Å²) in [6.45, 7) is 3.63. The van der Waals surface area contributed by atoms with Crippen LogP contribution in [0.3, 0.4) is 0 Å². The lowest BCUT2D eigenvalue weighted by molar-refractivity contribution is -0.161. The largest absolute Gasteiger partial charge is 0.472 e. The number of ether oxygens (including phenoxy) is 2. The molecule has 2 atom stereocenters. The lowest BCUT2D eigenvalue weighted by Crippen LogP contribution is -2.29. The molecule has 0 fully saturated rings. The van der Waals surface area contributed by atoms with Crippen LogP contribution in [0, 0.1) is 0 Å². The number of allylic oxidation sites excluding steroid dienone is 2. The van der Waals surface area contributed by atoms with Crippen LogP contribution < -0.4 is 5.73 Å². The SMILES string of the molecule is CCCC/C=C\CCCCCCCC(=O)OC(COC(=O)CCCCCCCCCCC)COP(=O)(O)OCCN. The number of esters is 2. The Labute approximate surface area is 249 Å². The van der Waals surface area contributed by atoms with Crippen LogP contribution in [-0.2, 0) is 32.7 Å². The number of phosphoric ester groups is 1. The van der Waals surface area contributed by atoms with Gasteiger partial charge >= 0.3 is 19.8 Å². The molecule has 0 aromatic rings. The quantitative estimate of drug-likeness (QED) is 0.0362. The second-order valence-electron chi connectivity index (χ2n) is 10.7. The predicted octanol–water partition coefficient (Wildman–Crippen LogP) is 7.93. The third-order valence-corrected chi connectivity index (χ3v) is 7.64. The summed E-state index contributed by atoms with van der Waals surface area (Å²) >= 11 is 0. The van der Waals surface area contributed by atoms with Gasteiger partial charge in [0.2, 0.25) is 0 Å². The zero-order valence-electron chi connectivity index (χ0n) is 26.0. The molecule has 9 nitrogen and oxygen atoms in total. The minimum absolute atomic E-state index is 0.0540. The summed E-state index contributed by atoms with van der Waals surface area (Å²) in [5.41, 5.74) is 5.30. The van der Waals surface area contributed by atoms with Gasteiger partial charge in [-0.05, 0) is 32.1 Å². The Hall–Kier alpha value is -1.25. The van der Waals surface area contributed by atoms with Crippen LogP contribution in [-0.4, -0.2) is 49.3 Å². The molecule has 0 aromatic carbocycles. The van der Waals surface area contributed by atoms with Crippen molar-refractivity contribution >= 4 is 19.8 Å². The van der Waals surface area contributed by atoms with Crippen molar-refractivity contribution in [1.29, 1.82) is 0 Å². The molecular weight excluding hydrogens is 545 g/mol. The van der Waals surface area contributed by atoms with Crippen molar-refractivity contribution in [3.05, 3.63) is 12.2 Å². The second-order valence-corrected chi connectivity index (χ2v) is 12.1. The van der Waals surface area contributed by atoms with Crippen LogP contribution >= 0.6 is 7.82 Å². The molecule has 0 rings (SSSR count). The van der Waals surface area contributed by atoms with Crippen molar-refractivity contribution in [1.82, 2.24) is 0 Å². The first-order valence-corrected chi connectivity index (χ1v) is 17.7. The first-order chi connectivity index (χ1) is 19.8. The number of carbonyl (C=O) groups is 2. The Kier molecular flexibility index (Phi) is 28.0. The molecular formula is C31H60NO8P. The van der Waals surface area contributed by atoms with Crippen LogP contribution in [0.2, 0.25) is 0 Å². The highest BCUT2D eigenvalue weighted by Crippen LogP contribution is 2.43. The fraction of sp³-hybridized carbons (Fsp3) is 0.871. The van der Waals surface area contributed by atoms with Gasteiger partial charge in [-0.1, -0.05) is 109 Å². The average molecular weight is 606 g/mol. The van der Waals surface area contributed by atoms with Crippen LogP contribution in [0.4, 0.5) is 0 Å². The van der Waals surface area contributed by atoms with Gasteiger partial charge in [-0.15, -0.1) is 0 Å². The van der Waals surface area contributed by atoms with Crippen LogP contribution in [0.25, 0.3) is 0 Å². The van der Waals surface area contributed by atoms with Crippen molar-refractivity contribution in [2.75, 3.05) is 26.4 Å². The van der Waals surface area contributed by atoms with E-state index >= 15 is 0 Å². The lowest BCUT2D eigenvalue weighted by Gasteiger charge is -2.19. The monoisotopic (exact) mass is 605 g/mol. The maximum absolute atomic E-state index is 12.4. The normalized spacial score (nSPS) is 13.8. The van der Waals surface area contributed by atoms with E-state index in [-0.39, 0.29) is 38.6 Å². The van der Waals surface area contributed by atoms with E-state index in [1.807, 2.05) is 0 Å². The van der Waals surface area contributed by atoms with Gasteiger partial charge in [-0.25, -0.2) is 4.57 Å². The number of nitrogens with two attached hydrogens (primary N) is 1. The fourth-order valence-electron chi connectivity index (χ4n) is 4.20. The molecule has 0 saturated heterocycles. The topological polar surface area (TPSA) is 134 Å². The third-order valence-electron chi connectivity index (χ3n) is 6.65. The molecule has 0 aliphatic rings. The van der Waals surface area contributed by atoms with Crippen LogP contribution in [0.15, 0.2) is 12.2 Å². The summed E-state index contributed by atoms with van der Waals surface area (Å²) in [7, 11) is -4.36. The molecule has 0 radical (unpaired) electrons. The molecule has 0 amide bonds. The number of phosphoric acid groups is 1. The van der Waals surface area contributed by atoms with Gasteiger partial charge < -0.3 is 20.1 Å². The average Bonchev–Trinajstić information content (AvgIpc) is 2.95. The number of hydrogen-bond acceptors (Lipinski definition) is 8. The summed E-state index contributed by atoms with van der Waals surface area (Å²) in [4.78, 5) is 34.4. The molecule has 3 N–H and O–H groups in total. The van der Waals surface area contributed by atoms with E-state index < -0.39 is 26.5 Å². The molecule has 2 unspecified atom stereocenters. The molecule has 0 spiro atoms. The molecule has 0 saturated carbocycles. The van der Waals surface area contributed by atoms with E-state index in [4.69, 9.17) is 24.3 Å². The summed E-state index contributed by atoms with van der Waals surface area (Å²) in [6.07, 6.45) is 23.9. The smallest absolute Gasteiger partial charge is 0.462 e. The molecule has 0 aromatic heterocycles. The summed E-state index contributed by atoms with van der Waals surface area (Å²) in [5.74, 6) is -0.844. The summed E-state index contributed by atoms with van der Waals surface area (Å²) < 4.78 is 32.4. The van der Waals surface area contributed by atoms with Crippen molar-refractivity contribution in [2.45, 2.75) is 148 Å². The zero-order chi connectivity index (χ0) is 30.4. The van der Waals surface area contributed by atoms with Gasteiger partial charge in [0, 0.05) is 19.4 Å². The Morgan fingerprint density at radius 3 is 1.80 bits per heavy atom. The highest BCUT2D eigenvalue weighted by atomic mass is 31.2. The summed E-state index contributed by atoms with van der Waals surface area (Å²) in [6, 6.07) is 0. The van der Waals surface area contributed by atoms with Crippen molar-refractivity contribution in [2.24, 2.45) is 5.73 Å². The highest BCUT2D eigenvalue weighted by Gasteiger charge is 2.25. The van der Waals surface area contributed by atoms with E-state index in [0.717, 1.165) is 57.8 Å². The third kappa shape index (κ3) is 28.6. The van der Waals surface area contributed by atoms with E-state index in [9.17, 15) is 19.0 Å². The van der Waals surface area contributed by atoms with Crippen molar-refractivity contribution in [3.8, 4) is 0 Å². The molecule has 0 aliphatic heterocycles. The van der Waals surface area contributed by atoms with E-state index in [1.165, 1.54) is 51.4 Å². The molecule has 41 heavy (non-hydrogen) atoms. The van der Waals surface area contributed by atoms with Gasteiger partial charge in [-0.2, -0.15) is 0 Å².